The van der Waals surface area contributed by atoms with Crippen molar-refractivity contribution >= 4 is 64.6 Å². The molecule has 2 saturated heterocycles. The number of benzene rings is 1. The van der Waals surface area contributed by atoms with Crippen molar-refractivity contribution in [1.29, 1.82) is 0 Å². The number of hydrogen-bond donors (Lipinski definition) is 4. The number of morpholine rings is 1. The van der Waals surface area contributed by atoms with Crippen molar-refractivity contribution in [3.8, 4) is 12.3 Å². The summed E-state index contributed by atoms with van der Waals surface area (Å²) in [6.07, 6.45) is 10.9. The van der Waals surface area contributed by atoms with Crippen molar-refractivity contribution in [3.63, 3.8) is 0 Å². The first-order valence-electron chi connectivity index (χ1n) is 24.1. The fourth-order valence-corrected chi connectivity index (χ4v) is 9.09. The number of hydrogen-bond acceptors (Lipinski definition) is 9. The maximum Gasteiger partial charge on any atom is 0.245 e. The SMILES string of the molecule is C#CC1(C(=O)N[C@@H](CCCCN2CCOCC2)C(=O)N[C@@H](CC)C(=O)N(C)[C@H]2CCCCN(C)C(=O)[C@@H](CCC)NC(=O)[C@H](Cc3cc(Cl)ccc3Cl)N(C)C(=O)[C@H](CC(C)C)NC2=O)CC1. The molecule has 2 heterocycles. The number of carbonyl (C=O) groups excluding carboxylic acids is 7. The van der Waals surface area contributed by atoms with Crippen molar-refractivity contribution in [2.45, 2.75) is 147 Å². The molecule has 0 bridgehead atoms. The fraction of sp³-hybridized carbons (Fsp3) is 0.694. The van der Waals surface area contributed by atoms with Crippen molar-refractivity contribution in [2.75, 3.05) is 60.5 Å². The first kappa shape index (κ1) is 55.2. The third kappa shape index (κ3) is 15.8. The Morgan fingerprint density at radius 1 is 0.940 bits per heavy atom. The van der Waals surface area contributed by atoms with Gasteiger partial charge in [-0.3, -0.25) is 38.5 Å². The maximum atomic E-state index is 14.6. The molecule has 372 valence electrons. The molecule has 4 rings (SSSR count). The average Bonchev–Trinajstić information content (AvgIpc) is 4.11. The number of terminal acetylenes is 1. The molecule has 0 spiro atoms. The minimum absolute atomic E-state index is 0.0353. The second-order valence-electron chi connectivity index (χ2n) is 18.8. The van der Waals surface area contributed by atoms with Crippen LogP contribution in [-0.2, 0) is 44.7 Å². The zero-order chi connectivity index (χ0) is 49.4. The van der Waals surface area contributed by atoms with Crippen molar-refractivity contribution in [1.82, 2.24) is 40.9 Å². The van der Waals surface area contributed by atoms with E-state index in [0.29, 0.717) is 86.7 Å². The Morgan fingerprint density at radius 2 is 1.63 bits per heavy atom. The summed E-state index contributed by atoms with van der Waals surface area (Å²) in [5, 5.41) is 12.4. The summed E-state index contributed by atoms with van der Waals surface area (Å²) in [4.78, 5) is 106. The fourth-order valence-electron chi connectivity index (χ4n) is 8.70. The van der Waals surface area contributed by atoms with Gasteiger partial charge in [0.05, 0.1) is 13.2 Å². The zero-order valence-electron chi connectivity index (χ0n) is 40.6. The smallest absolute Gasteiger partial charge is 0.245 e. The zero-order valence-corrected chi connectivity index (χ0v) is 42.1. The maximum absolute atomic E-state index is 14.6. The molecular formula is C49H74Cl2N8O8. The Kier molecular flexibility index (Phi) is 21.7. The molecule has 0 aromatic heterocycles. The molecule has 1 saturated carbocycles. The van der Waals surface area contributed by atoms with Crippen molar-refractivity contribution in [2.24, 2.45) is 11.3 Å². The number of nitrogens with one attached hydrogen (secondary N) is 4. The Balaban J connectivity index is 1.61. The largest absolute Gasteiger partial charge is 0.379 e. The minimum atomic E-state index is -1.16. The quantitative estimate of drug-likeness (QED) is 0.125. The molecule has 18 heteroatoms. The molecule has 1 aromatic rings. The molecule has 0 unspecified atom stereocenters. The van der Waals surface area contributed by atoms with Gasteiger partial charge in [0.25, 0.3) is 0 Å². The number of amides is 7. The van der Waals surface area contributed by atoms with Crippen LogP contribution in [0.25, 0.3) is 0 Å². The van der Waals surface area contributed by atoms with Gasteiger partial charge in [0.1, 0.15) is 41.7 Å². The molecule has 1 aromatic carbocycles. The molecule has 3 aliphatic rings. The number of likely N-dealkylation sites (N-methyl/N-ethyl adjacent to an activating group) is 3. The summed E-state index contributed by atoms with van der Waals surface area (Å²) in [5.41, 5.74) is -0.428. The number of halogens is 2. The molecule has 2 aliphatic heterocycles. The topological polar surface area (TPSA) is 190 Å². The Bertz CT molecular complexity index is 1940. The number of unbranched alkanes of at least 4 members (excludes halogenated alkanes) is 1. The lowest BCUT2D eigenvalue weighted by Crippen LogP contribution is -2.60. The normalized spacial score (nSPS) is 23.1. The van der Waals surface area contributed by atoms with Crippen LogP contribution in [0, 0.1) is 23.7 Å². The first-order chi connectivity index (χ1) is 31.9. The summed E-state index contributed by atoms with van der Waals surface area (Å²) in [6, 6.07) is -1.37. The van der Waals surface area contributed by atoms with E-state index < -0.39 is 71.2 Å². The summed E-state index contributed by atoms with van der Waals surface area (Å²) in [7, 11) is 4.63. The van der Waals surface area contributed by atoms with E-state index in [1.807, 2.05) is 20.8 Å². The van der Waals surface area contributed by atoms with Gasteiger partial charge in [-0.1, -0.05) is 63.2 Å². The number of rotatable bonds is 18. The van der Waals surface area contributed by atoms with Gasteiger partial charge in [0, 0.05) is 57.2 Å². The highest BCUT2D eigenvalue weighted by Gasteiger charge is 2.49. The monoisotopic (exact) mass is 973 g/mol. The summed E-state index contributed by atoms with van der Waals surface area (Å²) in [5.74, 6) is -0.930. The van der Waals surface area contributed by atoms with Crippen LogP contribution in [0.4, 0.5) is 0 Å². The molecule has 67 heavy (non-hydrogen) atoms. The van der Waals surface area contributed by atoms with Crippen LogP contribution >= 0.6 is 23.2 Å². The molecule has 6 atom stereocenters. The van der Waals surface area contributed by atoms with Gasteiger partial charge in [-0.15, -0.1) is 6.42 Å². The highest BCUT2D eigenvalue weighted by molar-refractivity contribution is 6.33. The second kappa shape index (κ2) is 26.4. The van der Waals surface area contributed by atoms with Gasteiger partial charge in [-0.05, 0) is 107 Å². The van der Waals surface area contributed by atoms with E-state index in [1.165, 1.54) is 23.9 Å². The van der Waals surface area contributed by atoms with Crippen LogP contribution in [0.15, 0.2) is 18.2 Å². The Morgan fingerprint density at radius 3 is 2.25 bits per heavy atom. The first-order valence-corrected chi connectivity index (χ1v) is 24.8. The van der Waals surface area contributed by atoms with Crippen LogP contribution in [0.2, 0.25) is 10.0 Å². The highest BCUT2D eigenvalue weighted by atomic mass is 35.5. The minimum Gasteiger partial charge on any atom is -0.379 e. The van der Waals surface area contributed by atoms with Crippen LogP contribution in [-0.4, -0.2) is 158 Å². The lowest BCUT2D eigenvalue weighted by molar-refractivity contribution is -0.146. The predicted molar refractivity (Wildman–Crippen MR) is 259 cm³/mol. The average molecular weight is 974 g/mol. The standard InChI is InChI=1S/C49H74Cl2N8O8/c1-9-16-38-45(63)56(6)23-14-13-18-40(43(61)54-39(29-32(4)5)47(65)58(8)41(44(62)53-38)31-33-30-34(50)19-20-35(33)51)57(7)46(64)36(10-2)52-42(60)37(55-48(66)49(11-3)21-22-49)17-12-15-24-59-25-27-67-28-26-59/h3,19-20,30,32,36-41H,9-10,12-18,21-29,31H2,1-2,4-8H3,(H,52,60)(H,53,62)(H,54,61)(H,55,66)/t36-,37-,38+,39-,40-,41-/m0/s1. The van der Waals surface area contributed by atoms with Crippen LogP contribution in [0.5, 0.6) is 0 Å². The summed E-state index contributed by atoms with van der Waals surface area (Å²) >= 11 is 12.9. The van der Waals surface area contributed by atoms with E-state index in [2.05, 4.69) is 32.1 Å². The molecule has 1 aliphatic carbocycles. The Hall–Kier alpha value is -4.43. The lowest BCUT2D eigenvalue weighted by Gasteiger charge is -2.35. The number of nitrogens with zero attached hydrogens (tertiary/aromatic N) is 4. The van der Waals surface area contributed by atoms with Crippen LogP contribution in [0.3, 0.4) is 0 Å². The second-order valence-corrected chi connectivity index (χ2v) is 19.7. The van der Waals surface area contributed by atoms with E-state index in [9.17, 15) is 33.6 Å². The molecule has 7 amide bonds. The van der Waals surface area contributed by atoms with E-state index in [0.717, 1.165) is 26.1 Å². The van der Waals surface area contributed by atoms with Crippen LogP contribution < -0.4 is 21.3 Å². The molecule has 3 fully saturated rings. The van der Waals surface area contributed by atoms with Crippen LogP contribution in [0.1, 0.15) is 110 Å². The van der Waals surface area contributed by atoms with Gasteiger partial charge in [0.2, 0.25) is 41.4 Å². The third-order valence-corrected chi connectivity index (χ3v) is 13.8. The lowest BCUT2D eigenvalue weighted by atomic mass is 9.98. The predicted octanol–water partition coefficient (Wildman–Crippen LogP) is 3.94. The van der Waals surface area contributed by atoms with E-state index in [4.69, 9.17) is 34.4 Å². The van der Waals surface area contributed by atoms with E-state index >= 15 is 0 Å². The summed E-state index contributed by atoms with van der Waals surface area (Å²) in [6.45, 7) is 11.6. The molecular weight excluding hydrogens is 899 g/mol. The number of carbonyl (C=O) groups is 7. The highest BCUT2D eigenvalue weighted by Crippen LogP contribution is 2.45. The van der Waals surface area contributed by atoms with Gasteiger partial charge in [0.15, 0.2) is 0 Å². The van der Waals surface area contributed by atoms with Gasteiger partial charge >= 0.3 is 0 Å². The Labute approximate surface area is 407 Å². The third-order valence-electron chi connectivity index (χ3n) is 13.2. The summed E-state index contributed by atoms with van der Waals surface area (Å²) < 4.78 is 5.46. The molecule has 4 N–H and O–H groups in total. The molecule has 16 nitrogen and oxygen atoms in total. The van der Waals surface area contributed by atoms with E-state index in [1.54, 1.807) is 37.1 Å². The van der Waals surface area contributed by atoms with Gasteiger partial charge in [-0.25, -0.2) is 0 Å². The van der Waals surface area contributed by atoms with Crippen molar-refractivity contribution < 1.29 is 38.3 Å². The van der Waals surface area contributed by atoms with Gasteiger partial charge < -0.3 is 40.7 Å². The number of ether oxygens (including phenoxy) is 1. The van der Waals surface area contributed by atoms with Crippen molar-refractivity contribution in [3.05, 3.63) is 33.8 Å². The van der Waals surface area contributed by atoms with Gasteiger partial charge in [-0.2, -0.15) is 0 Å². The van der Waals surface area contributed by atoms with E-state index in [-0.39, 0.29) is 43.4 Å². The molecule has 0 radical (unpaired) electrons.